The van der Waals surface area contributed by atoms with Crippen molar-refractivity contribution in [1.29, 1.82) is 5.26 Å². The van der Waals surface area contributed by atoms with Crippen LogP contribution in [0.2, 0.25) is 0 Å². The highest BCUT2D eigenvalue weighted by molar-refractivity contribution is 7.89. The number of nitrogens with zero attached hydrogens (tertiary/aromatic N) is 4. The lowest BCUT2D eigenvalue weighted by Crippen LogP contribution is -2.51. The van der Waals surface area contributed by atoms with Crippen LogP contribution in [0.4, 0.5) is 13.2 Å². The molecule has 13 heteroatoms. The van der Waals surface area contributed by atoms with E-state index < -0.39 is 28.1 Å². The smallest absolute Gasteiger partial charge is 0.350 e. The number of nitrogens with one attached hydrogen (secondary N) is 3. The molecule has 2 aliphatic rings. The van der Waals surface area contributed by atoms with Gasteiger partial charge in [-0.15, -0.1) is 0 Å². The Bertz CT molecular complexity index is 1320. The number of fused-ring (bicyclic) bond motifs is 1. The Morgan fingerprint density at radius 2 is 2.03 bits per heavy atom. The molecule has 1 saturated heterocycles. The number of aromatic nitrogens is 2. The zero-order chi connectivity index (χ0) is 26.1. The van der Waals surface area contributed by atoms with Gasteiger partial charge in [0.25, 0.3) is 0 Å². The van der Waals surface area contributed by atoms with Crippen molar-refractivity contribution in [2.45, 2.75) is 51.6 Å². The third-order valence-corrected chi connectivity index (χ3v) is 8.67. The molecule has 2 aromatic heterocycles. The molecule has 1 fully saturated rings. The maximum atomic E-state index is 13.3. The largest absolute Gasteiger partial charge is 0.417 e. The first-order valence-corrected chi connectivity index (χ1v) is 13.4. The molecule has 4 heterocycles. The van der Waals surface area contributed by atoms with Crippen LogP contribution in [0.25, 0.3) is 16.7 Å². The zero-order valence-corrected chi connectivity index (χ0v) is 20.7. The third kappa shape index (κ3) is 5.25. The first kappa shape index (κ1) is 26.1. The van der Waals surface area contributed by atoms with Gasteiger partial charge in [-0.2, -0.15) is 18.4 Å². The number of rotatable bonds is 7. The van der Waals surface area contributed by atoms with Crippen molar-refractivity contribution in [2.75, 3.05) is 18.8 Å². The molecule has 0 radical (unpaired) electrons. The summed E-state index contributed by atoms with van der Waals surface area (Å²) in [5.41, 5.74) is 0.339. The monoisotopic (exact) mass is 523 g/mol. The fraction of sp³-hybridized carbons (Fsp3) is 0.522. The average molecular weight is 524 g/mol. The molecule has 4 rings (SSSR count). The highest BCUT2D eigenvalue weighted by Gasteiger charge is 2.33. The second-order valence-corrected chi connectivity index (χ2v) is 11.1. The second kappa shape index (κ2) is 10.2. The van der Waals surface area contributed by atoms with E-state index in [4.69, 9.17) is 0 Å². The van der Waals surface area contributed by atoms with Gasteiger partial charge < -0.3 is 10.3 Å². The van der Waals surface area contributed by atoms with Crippen LogP contribution in [-0.2, 0) is 16.2 Å². The number of aliphatic imine (C=N–C) groups is 1. The van der Waals surface area contributed by atoms with Crippen molar-refractivity contribution in [3.05, 3.63) is 35.2 Å². The van der Waals surface area contributed by atoms with Gasteiger partial charge in [-0.05, 0) is 38.2 Å². The van der Waals surface area contributed by atoms with E-state index in [0.29, 0.717) is 37.2 Å². The van der Waals surface area contributed by atoms with E-state index in [2.05, 4.69) is 25.6 Å². The summed E-state index contributed by atoms with van der Waals surface area (Å²) >= 11 is 0. The number of hydrogen-bond donors (Lipinski definition) is 3. The Kier molecular flexibility index (Phi) is 7.40. The lowest BCUT2D eigenvalue weighted by Gasteiger charge is -2.37. The normalized spacial score (nSPS) is 20.9. The summed E-state index contributed by atoms with van der Waals surface area (Å²) in [7, 11) is -3.21. The van der Waals surface area contributed by atoms with Crippen LogP contribution in [0.15, 0.2) is 29.0 Å². The summed E-state index contributed by atoms with van der Waals surface area (Å²) in [6, 6.07) is 3.09. The number of nitriles is 1. The molecule has 2 atom stereocenters. The molecule has 2 aliphatic heterocycles. The van der Waals surface area contributed by atoms with Crippen molar-refractivity contribution in [3.8, 4) is 6.07 Å². The van der Waals surface area contributed by atoms with Gasteiger partial charge >= 0.3 is 6.18 Å². The molecule has 0 aromatic carbocycles. The number of allylic oxidation sites excluding steroid dienone is 1. The second-order valence-electron chi connectivity index (χ2n) is 8.86. The maximum absolute atomic E-state index is 13.3. The quantitative estimate of drug-likeness (QED) is 0.512. The number of piperidine rings is 1. The molecule has 3 N–H and O–H groups in total. The Balaban J connectivity index is 1.52. The predicted molar refractivity (Wildman–Crippen MR) is 130 cm³/mol. The van der Waals surface area contributed by atoms with Gasteiger partial charge in [-0.1, -0.05) is 6.92 Å². The number of sulfonamides is 1. The van der Waals surface area contributed by atoms with Gasteiger partial charge in [-0.25, -0.2) is 17.7 Å². The van der Waals surface area contributed by atoms with Crippen molar-refractivity contribution >= 4 is 33.0 Å². The van der Waals surface area contributed by atoms with Gasteiger partial charge in [-0.3, -0.25) is 10.3 Å². The van der Waals surface area contributed by atoms with Crippen LogP contribution in [0.5, 0.6) is 0 Å². The fourth-order valence-corrected chi connectivity index (χ4v) is 5.88. The molecule has 194 valence electrons. The van der Waals surface area contributed by atoms with Gasteiger partial charge in [0, 0.05) is 48.7 Å². The van der Waals surface area contributed by atoms with Gasteiger partial charge in [0.05, 0.1) is 22.6 Å². The SMILES string of the molecule is CCC(NC1N=CC(C#N)=C(c2c[nH]c3ncc(C(F)(F)F)cc23)N1)C1CCN(S(=O)(=O)CC)CC1. The van der Waals surface area contributed by atoms with Crippen LogP contribution in [0.1, 0.15) is 44.2 Å². The molecule has 2 aromatic rings. The van der Waals surface area contributed by atoms with E-state index in [1.165, 1.54) is 16.7 Å². The van der Waals surface area contributed by atoms with Gasteiger partial charge in [0.1, 0.15) is 11.7 Å². The summed E-state index contributed by atoms with van der Waals surface area (Å²) in [5, 5.41) is 16.5. The molecule has 0 bridgehead atoms. The number of hydrogen-bond acceptors (Lipinski definition) is 7. The lowest BCUT2D eigenvalue weighted by atomic mass is 9.88. The van der Waals surface area contributed by atoms with Gasteiger partial charge in [0.2, 0.25) is 10.0 Å². The van der Waals surface area contributed by atoms with E-state index in [1.807, 2.05) is 13.0 Å². The Morgan fingerprint density at radius 1 is 1.31 bits per heavy atom. The minimum absolute atomic E-state index is 0.0254. The summed E-state index contributed by atoms with van der Waals surface area (Å²) in [6.45, 7) is 4.60. The first-order valence-electron chi connectivity index (χ1n) is 11.8. The van der Waals surface area contributed by atoms with E-state index >= 15 is 0 Å². The van der Waals surface area contributed by atoms with Crippen molar-refractivity contribution in [2.24, 2.45) is 10.9 Å². The highest BCUT2D eigenvalue weighted by atomic mass is 32.2. The van der Waals surface area contributed by atoms with E-state index in [1.54, 1.807) is 6.92 Å². The molecular weight excluding hydrogens is 495 g/mol. The number of pyridine rings is 1. The summed E-state index contributed by atoms with van der Waals surface area (Å²) in [5.74, 6) is 0.310. The minimum Gasteiger partial charge on any atom is -0.350 e. The number of halogens is 3. The number of aromatic amines is 1. The Morgan fingerprint density at radius 3 is 2.64 bits per heavy atom. The van der Waals surface area contributed by atoms with E-state index in [0.717, 1.165) is 18.7 Å². The summed E-state index contributed by atoms with van der Waals surface area (Å²) in [6.07, 6.45) is 0.738. The Labute approximate surface area is 207 Å². The first-order chi connectivity index (χ1) is 17.1. The van der Waals surface area contributed by atoms with Crippen LogP contribution in [0, 0.1) is 17.2 Å². The summed E-state index contributed by atoms with van der Waals surface area (Å²) in [4.78, 5) is 11.1. The van der Waals surface area contributed by atoms with Crippen molar-refractivity contribution in [1.82, 2.24) is 24.9 Å². The summed E-state index contributed by atoms with van der Waals surface area (Å²) < 4.78 is 65.7. The fourth-order valence-electron chi connectivity index (χ4n) is 4.75. The van der Waals surface area contributed by atoms with E-state index in [9.17, 15) is 26.9 Å². The van der Waals surface area contributed by atoms with Crippen LogP contribution in [0.3, 0.4) is 0 Å². The maximum Gasteiger partial charge on any atom is 0.417 e. The van der Waals surface area contributed by atoms with Crippen LogP contribution < -0.4 is 10.6 Å². The lowest BCUT2D eigenvalue weighted by molar-refractivity contribution is -0.137. The highest BCUT2D eigenvalue weighted by Crippen LogP contribution is 2.33. The van der Waals surface area contributed by atoms with Crippen LogP contribution >= 0.6 is 0 Å². The topological polar surface area (TPSA) is 126 Å². The third-order valence-electron chi connectivity index (χ3n) is 6.79. The van der Waals surface area contributed by atoms with E-state index in [-0.39, 0.29) is 34.3 Å². The minimum atomic E-state index is -4.55. The molecule has 0 spiro atoms. The van der Waals surface area contributed by atoms with Gasteiger partial charge in [0.15, 0.2) is 6.29 Å². The molecule has 36 heavy (non-hydrogen) atoms. The Hall–Kier alpha value is -2.95. The molecule has 0 amide bonds. The molecule has 2 unspecified atom stereocenters. The molecule has 9 nitrogen and oxygen atoms in total. The standard InChI is InChI=1S/C23H28F3N7O2S/c1-3-19(14-5-7-33(8-6-14)36(34,35)4-2)31-22-30-11-15(10-27)20(32-22)18-13-29-21-17(18)9-16(12-28-21)23(24,25)26/h9,11-14,19,22,31-32H,3-8H2,1-2H3,(H,28,29). The zero-order valence-electron chi connectivity index (χ0n) is 19.9. The van der Waals surface area contributed by atoms with Crippen molar-refractivity contribution < 1.29 is 21.6 Å². The van der Waals surface area contributed by atoms with Crippen LogP contribution in [-0.4, -0.2) is 60.1 Å². The number of alkyl halides is 3. The number of H-pyrrole nitrogens is 1. The molecule has 0 saturated carbocycles. The average Bonchev–Trinajstić information content (AvgIpc) is 3.30. The predicted octanol–water partition coefficient (Wildman–Crippen LogP) is 3.20. The molecular formula is C23H28F3N7O2S. The van der Waals surface area contributed by atoms with Crippen molar-refractivity contribution in [3.63, 3.8) is 0 Å². The molecule has 0 aliphatic carbocycles.